The lowest BCUT2D eigenvalue weighted by Gasteiger charge is -2.05. The summed E-state index contributed by atoms with van der Waals surface area (Å²) in [6, 6.07) is 9.18. The minimum absolute atomic E-state index is 0.143. The van der Waals surface area contributed by atoms with Crippen LogP contribution in [0.4, 0.5) is 4.79 Å². The highest BCUT2D eigenvalue weighted by Crippen LogP contribution is 2.00. The number of carbonyl (C=O) groups is 2. The van der Waals surface area contributed by atoms with Crippen LogP contribution >= 0.6 is 0 Å². The van der Waals surface area contributed by atoms with E-state index in [1.54, 1.807) is 0 Å². The van der Waals surface area contributed by atoms with E-state index in [0.29, 0.717) is 0 Å². The average Bonchev–Trinajstić information content (AvgIpc) is 2.34. The van der Waals surface area contributed by atoms with E-state index in [-0.39, 0.29) is 13.2 Å². The molecule has 0 spiro atoms. The van der Waals surface area contributed by atoms with Crippen molar-refractivity contribution in [2.24, 2.45) is 5.90 Å². The molecule has 1 rings (SSSR count). The van der Waals surface area contributed by atoms with Crippen LogP contribution in [0.15, 0.2) is 30.3 Å². The molecule has 6 heteroatoms. The summed E-state index contributed by atoms with van der Waals surface area (Å²) in [5.74, 6) is 3.84. The van der Waals surface area contributed by atoms with Crippen LogP contribution in [0.5, 0.6) is 0 Å². The van der Waals surface area contributed by atoms with Gasteiger partial charge < -0.3 is 14.9 Å². The van der Waals surface area contributed by atoms with E-state index >= 15 is 0 Å². The number of alkyl carbamates (subject to hydrolysis) is 1. The van der Waals surface area contributed by atoms with Crippen LogP contribution in [0.25, 0.3) is 0 Å². The molecule has 0 aliphatic heterocycles. The number of amides is 1. The molecule has 0 heterocycles. The van der Waals surface area contributed by atoms with E-state index in [1.807, 2.05) is 30.3 Å². The van der Waals surface area contributed by atoms with Gasteiger partial charge in [0.25, 0.3) is 0 Å². The SMILES string of the molecule is NOC(=O)CNC(=O)OCc1ccccc1. The Morgan fingerprint density at radius 2 is 1.94 bits per heavy atom. The summed E-state index contributed by atoms with van der Waals surface area (Å²) < 4.78 is 4.82. The fraction of sp³-hybridized carbons (Fsp3) is 0.200. The van der Waals surface area contributed by atoms with E-state index in [2.05, 4.69) is 16.1 Å². The van der Waals surface area contributed by atoms with Gasteiger partial charge in [-0.25, -0.2) is 9.59 Å². The first-order valence-electron chi connectivity index (χ1n) is 4.56. The maximum atomic E-state index is 11.1. The van der Waals surface area contributed by atoms with E-state index in [9.17, 15) is 9.59 Å². The summed E-state index contributed by atoms with van der Waals surface area (Å²) in [5.41, 5.74) is 0.860. The molecular formula is C10H12N2O4. The Balaban J connectivity index is 2.23. The van der Waals surface area contributed by atoms with Crippen molar-refractivity contribution in [1.82, 2.24) is 5.32 Å². The molecular weight excluding hydrogens is 212 g/mol. The largest absolute Gasteiger partial charge is 0.445 e. The minimum atomic E-state index is -0.739. The van der Waals surface area contributed by atoms with Gasteiger partial charge in [0.2, 0.25) is 0 Å². The summed E-state index contributed by atoms with van der Waals surface area (Å²) >= 11 is 0. The van der Waals surface area contributed by atoms with Gasteiger partial charge in [-0.2, -0.15) is 5.90 Å². The smallest absolute Gasteiger partial charge is 0.407 e. The number of rotatable bonds is 4. The quantitative estimate of drug-likeness (QED) is 0.719. The predicted molar refractivity (Wildman–Crippen MR) is 54.9 cm³/mol. The molecule has 0 saturated heterocycles. The van der Waals surface area contributed by atoms with E-state index in [4.69, 9.17) is 4.74 Å². The van der Waals surface area contributed by atoms with Crippen molar-refractivity contribution < 1.29 is 19.2 Å². The van der Waals surface area contributed by atoms with Gasteiger partial charge in [-0.3, -0.25) is 0 Å². The molecule has 1 aromatic carbocycles. The fourth-order valence-corrected chi connectivity index (χ4v) is 0.960. The van der Waals surface area contributed by atoms with Gasteiger partial charge in [-0.05, 0) is 5.56 Å². The standard InChI is InChI=1S/C10H12N2O4/c11-16-9(13)6-12-10(14)15-7-8-4-2-1-3-5-8/h1-5H,6-7,11H2,(H,12,14). The third-order valence-electron chi connectivity index (χ3n) is 1.72. The first-order valence-corrected chi connectivity index (χ1v) is 4.56. The molecule has 3 N–H and O–H groups in total. The summed E-state index contributed by atoms with van der Waals surface area (Å²) in [5, 5.41) is 2.19. The minimum Gasteiger partial charge on any atom is -0.445 e. The van der Waals surface area contributed by atoms with Crippen molar-refractivity contribution >= 4 is 12.1 Å². The molecule has 0 unspecified atom stereocenters. The Labute approximate surface area is 92.3 Å². The first-order chi connectivity index (χ1) is 7.72. The molecule has 0 aliphatic carbocycles. The van der Waals surface area contributed by atoms with Crippen LogP contribution < -0.4 is 11.2 Å². The van der Waals surface area contributed by atoms with Gasteiger partial charge in [-0.1, -0.05) is 30.3 Å². The Hall–Kier alpha value is -2.08. The van der Waals surface area contributed by atoms with Crippen LogP contribution in [0, 0.1) is 0 Å². The van der Waals surface area contributed by atoms with Crippen LogP contribution in [-0.2, 0) is 21.0 Å². The van der Waals surface area contributed by atoms with Crippen LogP contribution in [-0.4, -0.2) is 18.6 Å². The molecule has 0 atom stereocenters. The van der Waals surface area contributed by atoms with Crippen LogP contribution in [0.3, 0.4) is 0 Å². The number of nitrogens with two attached hydrogens (primary N) is 1. The number of ether oxygens (including phenoxy) is 1. The highest BCUT2D eigenvalue weighted by atomic mass is 16.7. The second kappa shape index (κ2) is 6.41. The average molecular weight is 224 g/mol. The number of nitrogens with one attached hydrogen (secondary N) is 1. The number of hydrogen-bond donors (Lipinski definition) is 2. The molecule has 0 bridgehead atoms. The van der Waals surface area contributed by atoms with Gasteiger partial charge in [0.05, 0.1) is 0 Å². The molecule has 1 amide bonds. The number of hydrogen-bond acceptors (Lipinski definition) is 5. The van der Waals surface area contributed by atoms with Crippen molar-refractivity contribution in [3.8, 4) is 0 Å². The normalized spacial score (nSPS) is 9.31. The molecule has 0 fully saturated rings. The van der Waals surface area contributed by atoms with Crippen molar-refractivity contribution in [1.29, 1.82) is 0 Å². The van der Waals surface area contributed by atoms with Crippen molar-refractivity contribution in [3.63, 3.8) is 0 Å². The van der Waals surface area contributed by atoms with Crippen molar-refractivity contribution in [3.05, 3.63) is 35.9 Å². The molecule has 6 nitrogen and oxygen atoms in total. The topological polar surface area (TPSA) is 90.6 Å². The van der Waals surface area contributed by atoms with E-state index in [0.717, 1.165) is 5.56 Å². The van der Waals surface area contributed by atoms with E-state index < -0.39 is 12.1 Å². The maximum absolute atomic E-state index is 11.1. The Bertz CT molecular complexity index is 353. The van der Waals surface area contributed by atoms with Crippen LogP contribution in [0.2, 0.25) is 0 Å². The Morgan fingerprint density at radius 3 is 2.56 bits per heavy atom. The molecule has 0 saturated carbocycles. The molecule has 86 valence electrons. The third-order valence-corrected chi connectivity index (χ3v) is 1.72. The highest BCUT2D eigenvalue weighted by molar-refractivity contribution is 5.77. The maximum Gasteiger partial charge on any atom is 0.407 e. The van der Waals surface area contributed by atoms with E-state index in [1.165, 1.54) is 0 Å². The zero-order valence-corrected chi connectivity index (χ0v) is 8.51. The molecule has 0 radical (unpaired) electrons. The van der Waals surface area contributed by atoms with Gasteiger partial charge in [0.1, 0.15) is 13.2 Å². The third kappa shape index (κ3) is 4.43. The van der Waals surface area contributed by atoms with Gasteiger partial charge >= 0.3 is 12.1 Å². The van der Waals surface area contributed by atoms with Gasteiger partial charge in [-0.15, -0.1) is 0 Å². The summed E-state index contributed by atoms with van der Waals surface area (Å²) in [4.78, 5) is 25.5. The van der Waals surface area contributed by atoms with Gasteiger partial charge in [0, 0.05) is 0 Å². The molecule has 1 aromatic rings. The second-order valence-corrected chi connectivity index (χ2v) is 2.91. The number of benzene rings is 1. The molecule has 0 aliphatic rings. The molecule has 0 aromatic heterocycles. The lowest BCUT2D eigenvalue weighted by atomic mass is 10.2. The number of carbonyl (C=O) groups excluding carboxylic acids is 2. The molecule has 16 heavy (non-hydrogen) atoms. The Kier molecular flexibility index (Phi) is 4.81. The van der Waals surface area contributed by atoms with Crippen molar-refractivity contribution in [2.45, 2.75) is 6.61 Å². The zero-order valence-electron chi connectivity index (χ0n) is 8.51. The first kappa shape index (κ1) is 12.0. The Morgan fingerprint density at radius 1 is 1.25 bits per heavy atom. The zero-order chi connectivity index (χ0) is 11.8. The lowest BCUT2D eigenvalue weighted by molar-refractivity contribution is -0.142. The summed E-state index contributed by atoms with van der Waals surface area (Å²) in [6.07, 6.45) is -0.700. The van der Waals surface area contributed by atoms with Crippen LogP contribution in [0.1, 0.15) is 5.56 Å². The van der Waals surface area contributed by atoms with Crippen molar-refractivity contribution in [2.75, 3.05) is 6.54 Å². The summed E-state index contributed by atoms with van der Waals surface area (Å²) in [6.45, 7) is -0.172. The van der Waals surface area contributed by atoms with Gasteiger partial charge in [0.15, 0.2) is 0 Å². The second-order valence-electron chi connectivity index (χ2n) is 2.91. The summed E-state index contributed by atoms with van der Waals surface area (Å²) in [7, 11) is 0. The monoisotopic (exact) mass is 224 g/mol. The highest BCUT2D eigenvalue weighted by Gasteiger charge is 2.06. The predicted octanol–water partition coefficient (Wildman–Crippen LogP) is 0.330. The fourth-order valence-electron chi connectivity index (χ4n) is 0.960. The lowest BCUT2D eigenvalue weighted by Crippen LogP contribution is -2.32.